The summed E-state index contributed by atoms with van der Waals surface area (Å²) in [6, 6.07) is 11.5. The predicted octanol–water partition coefficient (Wildman–Crippen LogP) is 3.65. The van der Waals surface area contributed by atoms with Gasteiger partial charge in [-0.2, -0.15) is 0 Å². The van der Waals surface area contributed by atoms with E-state index in [-0.39, 0.29) is 18.6 Å². The summed E-state index contributed by atoms with van der Waals surface area (Å²) in [7, 11) is 0. The molecule has 0 aliphatic carbocycles. The molecule has 28 heavy (non-hydrogen) atoms. The van der Waals surface area contributed by atoms with E-state index < -0.39 is 0 Å². The number of carbonyl (C=O) groups excluding carboxylic acids is 1. The van der Waals surface area contributed by atoms with Gasteiger partial charge in [0, 0.05) is 11.9 Å². The molecule has 3 heterocycles. The van der Waals surface area contributed by atoms with Gasteiger partial charge >= 0.3 is 0 Å². The number of aryl methyl sites for hydroxylation is 2. The number of nitrogens with zero attached hydrogens (tertiary/aromatic N) is 2. The number of aliphatic hydroxyl groups excluding tert-OH is 1. The molecule has 2 N–H and O–H groups in total. The quantitative estimate of drug-likeness (QED) is 0.707. The number of nitrogens with one attached hydrogen (secondary N) is 1. The van der Waals surface area contributed by atoms with Crippen molar-refractivity contribution in [3.05, 3.63) is 59.0 Å². The second-order valence-corrected chi connectivity index (χ2v) is 7.43. The van der Waals surface area contributed by atoms with Crippen LogP contribution in [0.3, 0.4) is 0 Å². The predicted molar refractivity (Wildman–Crippen MR) is 108 cm³/mol. The van der Waals surface area contributed by atoms with Crippen LogP contribution in [-0.2, 0) is 6.54 Å². The van der Waals surface area contributed by atoms with Crippen LogP contribution >= 0.6 is 0 Å². The molecule has 1 saturated heterocycles. The molecule has 2 aromatic heterocycles. The lowest BCUT2D eigenvalue weighted by Crippen LogP contribution is -2.38. The third-order valence-electron chi connectivity index (χ3n) is 5.44. The Balaban J connectivity index is 1.47. The molecule has 1 aliphatic heterocycles. The Morgan fingerprint density at radius 1 is 1.29 bits per heavy atom. The Bertz CT molecular complexity index is 972. The Kier molecular flexibility index (Phi) is 5.05. The van der Waals surface area contributed by atoms with Crippen molar-refractivity contribution >= 4 is 22.7 Å². The number of benzene rings is 1. The summed E-state index contributed by atoms with van der Waals surface area (Å²) in [5.74, 6) is 1.31. The maximum atomic E-state index is 12.7. The number of likely N-dealkylation sites (tertiary alicyclic amines) is 1. The second kappa shape index (κ2) is 7.64. The van der Waals surface area contributed by atoms with Gasteiger partial charge in [0.2, 0.25) is 0 Å². The average molecular weight is 379 g/mol. The summed E-state index contributed by atoms with van der Waals surface area (Å²) in [5.41, 5.74) is 3.71. The van der Waals surface area contributed by atoms with Gasteiger partial charge in [0.25, 0.3) is 5.91 Å². The minimum Gasteiger partial charge on any atom is -0.459 e. The van der Waals surface area contributed by atoms with Gasteiger partial charge in [0.15, 0.2) is 0 Å². The number of hydrogen-bond donors (Lipinski definition) is 2. The normalized spacial score (nSPS) is 16.7. The third-order valence-corrected chi connectivity index (χ3v) is 5.44. The second-order valence-electron chi connectivity index (χ2n) is 7.43. The van der Waals surface area contributed by atoms with E-state index in [9.17, 15) is 9.90 Å². The van der Waals surface area contributed by atoms with Crippen LogP contribution in [0.5, 0.6) is 0 Å². The summed E-state index contributed by atoms with van der Waals surface area (Å²) < 4.78 is 5.92. The molecule has 1 fully saturated rings. The SMILES string of the molecule is Cc1cc2cc(CNc3cccc(C(=O)N4CCCC4CO)n3)oc2cc1C. The first-order valence-electron chi connectivity index (χ1n) is 9.67. The number of amides is 1. The minimum atomic E-state index is -0.130. The van der Waals surface area contributed by atoms with Gasteiger partial charge in [0.05, 0.1) is 19.2 Å². The number of furan rings is 1. The molecule has 4 rings (SSSR count). The number of carbonyl (C=O) groups is 1. The van der Waals surface area contributed by atoms with Gasteiger partial charge in [-0.25, -0.2) is 4.98 Å². The Morgan fingerprint density at radius 3 is 2.93 bits per heavy atom. The van der Waals surface area contributed by atoms with Crippen LogP contribution in [0.2, 0.25) is 0 Å². The van der Waals surface area contributed by atoms with E-state index >= 15 is 0 Å². The summed E-state index contributed by atoms with van der Waals surface area (Å²) >= 11 is 0. The fraction of sp³-hybridized carbons (Fsp3) is 0.364. The lowest BCUT2D eigenvalue weighted by Gasteiger charge is -2.22. The van der Waals surface area contributed by atoms with E-state index in [1.54, 1.807) is 11.0 Å². The van der Waals surface area contributed by atoms with Crippen LogP contribution in [0.1, 0.15) is 40.2 Å². The highest BCUT2D eigenvalue weighted by atomic mass is 16.3. The highest BCUT2D eigenvalue weighted by molar-refractivity contribution is 5.93. The van der Waals surface area contributed by atoms with Crippen LogP contribution < -0.4 is 5.32 Å². The molecule has 1 unspecified atom stereocenters. The van der Waals surface area contributed by atoms with Crippen molar-refractivity contribution in [3.8, 4) is 0 Å². The molecule has 6 nitrogen and oxygen atoms in total. The van der Waals surface area contributed by atoms with Crippen LogP contribution in [0.15, 0.2) is 40.8 Å². The zero-order chi connectivity index (χ0) is 19.7. The monoisotopic (exact) mass is 379 g/mol. The van der Waals surface area contributed by atoms with Crippen molar-refractivity contribution in [2.24, 2.45) is 0 Å². The average Bonchev–Trinajstić information content (AvgIpc) is 3.33. The summed E-state index contributed by atoms with van der Waals surface area (Å²) in [6.45, 7) is 5.31. The lowest BCUT2D eigenvalue weighted by molar-refractivity contribution is 0.0672. The summed E-state index contributed by atoms with van der Waals surface area (Å²) in [4.78, 5) is 18.9. The molecule has 0 spiro atoms. The molecule has 0 saturated carbocycles. The van der Waals surface area contributed by atoms with Crippen LogP contribution in [0.4, 0.5) is 5.82 Å². The number of aliphatic hydroxyl groups is 1. The molecule has 6 heteroatoms. The molecule has 1 atom stereocenters. The van der Waals surface area contributed by atoms with Crippen LogP contribution in [0, 0.1) is 13.8 Å². The van der Waals surface area contributed by atoms with Gasteiger partial charge in [-0.3, -0.25) is 4.79 Å². The number of rotatable bonds is 5. The first kappa shape index (κ1) is 18.5. The van der Waals surface area contributed by atoms with Crippen LogP contribution in [0.25, 0.3) is 11.0 Å². The Hall–Kier alpha value is -2.86. The van der Waals surface area contributed by atoms with E-state index in [4.69, 9.17) is 4.42 Å². The molecule has 0 radical (unpaired) electrons. The lowest BCUT2D eigenvalue weighted by atomic mass is 10.1. The van der Waals surface area contributed by atoms with E-state index in [2.05, 4.69) is 36.3 Å². The first-order chi connectivity index (χ1) is 13.5. The smallest absolute Gasteiger partial charge is 0.272 e. The molecule has 3 aromatic rings. The zero-order valence-electron chi connectivity index (χ0n) is 16.2. The molecule has 1 aliphatic rings. The number of aromatic nitrogens is 1. The van der Waals surface area contributed by atoms with Crippen molar-refractivity contribution in [3.63, 3.8) is 0 Å². The van der Waals surface area contributed by atoms with Crippen molar-refractivity contribution in [1.82, 2.24) is 9.88 Å². The largest absolute Gasteiger partial charge is 0.459 e. The molecule has 1 amide bonds. The van der Waals surface area contributed by atoms with E-state index in [0.29, 0.717) is 24.6 Å². The minimum absolute atomic E-state index is 0.00528. The molecule has 0 bridgehead atoms. The fourth-order valence-corrected chi connectivity index (χ4v) is 3.71. The molecular formula is C22H25N3O3. The zero-order valence-corrected chi connectivity index (χ0v) is 16.2. The van der Waals surface area contributed by atoms with Gasteiger partial charge in [-0.05, 0) is 68.1 Å². The first-order valence-corrected chi connectivity index (χ1v) is 9.67. The van der Waals surface area contributed by atoms with Gasteiger partial charge in [0.1, 0.15) is 22.9 Å². The van der Waals surface area contributed by atoms with E-state index in [0.717, 1.165) is 29.6 Å². The van der Waals surface area contributed by atoms with Gasteiger partial charge in [-0.1, -0.05) is 6.07 Å². The Morgan fingerprint density at radius 2 is 2.11 bits per heavy atom. The van der Waals surface area contributed by atoms with E-state index in [1.165, 1.54) is 11.1 Å². The molecule has 1 aromatic carbocycles. The number of hydrogen-bond acceptors (Lipinski definition) is 5. The summed E-state index contributed by atoms with van der Waals surface area (Å²) in [5, 5.41) is 13.8. The fourth-order valence-electron chi connectivity index (χ4n) is 3.71. The highest BCUT2D eigenvalue weighted by Crippen LogP contribution is 2.24. The number of fused-ring (bicyclic) bond motifs is 1. The van der Waals surface area contributed by atoms with Crippen molar-refractivity contribution < 1.29 is 14.3 Å². The van der Waals surface area contributed by atoms with Gasteiger partial charge in [-0.15, -0.1) is 0 Å². The Labute approximate surface area is 164 Å². The van der Waals surface area contributed by atoms with Crippen molar-refractivity contribution in [1.29, 1.82) is 0 Å². The molecule has 146 valence electrons. The number of anilines is 1. The highest BCUT2D eigenvalue weighted by Gasteiger charge is 2.29. The standard InChI is InChI=1S/C22H25N3O3/c1-14-9-16-11-18(28-20(16)10-15(14)2)12-23-21-7-3-6-19(24-21)22(27)25-8-4-5-17(25)13-26/h3,6-7,9-11,17,26H,4-5,8,12-13H2,1-2H3,(H,23,24). The van der Waals surface area contributed by atoms with Gasteiger partial charge < -0.3 is 19.7 Å². The van der Waals surface area contributed by atoms with Crippen molar-refractivity contribution in [2.45, 2.75) is 39.3 Å². The number of pyridine rings is 1. The third kappa shape index (κ3) is 3.60. The topological polar surface area (TPSA) is 78.6 Å². The summed E-state index contributed by atoms with van der Waals surface area (Å²) in [6.07, 6.45) is 1.76. The maximum absolute atomic E-state index is 12.7. The maximum Gasteiger partial charge on any atom is 0.272 e. The molecular weight excluding hydrogens is 354 g/mol. The van der Waals surface area contributed by atoms with E-state index in [1.807, 2.05) is 18.2 Å². The van der Waals surface area contributed by atoms with Crippen LogP contribution in [-0.4, -0.2) is 40.1 Å². The van der Waals surface area contributed by atoms with Crippen molar-refractivity contribution in [2.75, 3.05) is 18.5 Å².